The lowest BCUT2D eigenvalue weighted by Gasteiger charge is -2.35. The van der Waals surface area contributed by atoms with Gasteiger partial charge < -0.3 is 15.2 Å². The highest BCUT2D eigenvalue weighted by Gasteiger charge is 2.25. The van der Waals surface area contributed by atoms with E-state index in [1.54, 1.807) is 12.1 Å². The Morgan fingerprint density at radius 3 is 2.71 bits per heavy atom. The maximum Gasteiger partial charge on any atom is 0.162 e. The van der Waals surface area contributed by atoms with Crippen LogP contribution in [-0.4, -0.2) is 43.3 Å². The van der Waals surface area contributed by atoms with E-state index in [0.717, 1.165) is 44.6 Å². The van der Waals surface area contributed by atoms with E-state index in [2.05, 4.69) is 23.2 Å². The molecule has 0 aromatic heterocycles. The predicted molar refractivity (Wildman–Crippen MR) is 81.5 cm³/mol. The third kappa shape index (κ3) is 3.46. The Kier molecular flexibility index (Phi) is 5.43. The number of rotatable bonds is 5. The molecule has 0 aliphatic carbocycles. The lowest BCUT2D eigenvalue weighted by molar-refractivity contribution is 0.161. The van der Waals surface area contributed by atoms with E-state index in [1.165, 1.54) is 7.11 Å². The Morgan fingerprint density at radius 1 is 1.43 bits per heavy atom. The number of phenols is 1. The van der Waals surface area contributed by atoms with Gasteiger partial charge in [0.1, 0.15) is 0 Å². The lowest BCUT2D eigenvalue weighted by Crippen LogP contribution is -2.45. The van der Waals surface area contributed by atoms with E-state index < -0.39 is 0 Å². The van der Waals surface area contributed by atoms with Crippen molar-refractivity contribution in [1.82, 2.24) is 10.2 Å². The lowest BCUT2D eigenvalue weighted by atomic mass is 9.96. The molecule has 1 aliphatic rings. The molecule has 0 unspecified atom stereocenters. The molecule has 0 amide bonds. The highest BCUT2D eigenvalue weighted by molar-refractivity contribution is 5.52. The second kappa shape index (κ2) is 7.30. The van der Waals surface area contributed by atoms with Crippen LogP contribution < -0.4 is 10.1 Å². The fourth-order valence-electron chi connectivity index (χ4n) is 2.91. The monoisotopic (exact) mass is 289 g/mol. The van der Waals surface area contributed by atoms with Crippen molar-refractivity contribution in [3.8, 4) is 17.6 Å². The van der Waals surface area contributed by atoms with Crippen molar-refractivity contribution in [3.63, 3.8) is 0 Å². The number of phenolic OH excluding ortho intramolecular Hbond substituents is 1. The third-order valence-electron chi connectivity index (χ3n) is 3.97. The molecular weight excluding hydrogens is 266 g/mol. The highest BCUT2D eigenvalue weighted by atomic mass is 16.5. The van der Waals surface area contributed by atoms with E-state index >= 15 is 0 Å². The van der Waals surface area contributed by atoms with Gasteiger partial charge in [0.05, 0.1) is 18.7 Å². The average molecular weight is 289 g/mol. The number of ether oxygens (including phenoxy) is 1. The van der Waals surface area contributed by atoms with Gasteiger partial charge >= 0.3 is 0 Å². The van der Waals surface area contributed by atoms with Crippen LogP contribution >= 0.6 is 0 Å². The fourth-order valence-corrected chi connectivity index (χ4v) is 2.91. The maximum atomic E-state index is 10.5. The molecule has 1 saturated heterocycles. The molecule has 1 heterocycles. The number of aromatic hydroxyl groups is 1. The average Bonchev–Trinajstić information content (AvgIpc) is 2.54. The molecular formula is C16H23N3O2. The number of methoxy groups -OCH3 is 1. The van der Waals surface area contributed by atoms with Gasteiger partial charge in [-0.3, -0.25) is 4.90 Å². The summed E-state index contributed by atoms with van der Waals surface area (Å²) in [4.78, 5) is 2.37. The molecule has 5 heteroatoms. The summed E-state index contributed by atoms with van der Waals surface area (Å²) in [6.07, 6.45) is 1.97. The largest absolute Gasteiger partial charge is 0.504 e. The van der Waals surface area contributed by atoms with Crippen LogP contribution in [0.3, 0.4) is 0 Å². The van der Waals surface area contributed by atoms with Crippen LogP contribution in [-0.2, 0) is 0 Å². The van der Waals surface area contributed by atoms with E-state index in [9.17, 15) is 10.4 Å². The summed E-state index contributed by atoms with van der Waals surface area (Å²) in [5.41, 5.74) is 1.32. The highest BCUT2D eigenvalue weighted by Crippen LogP contribution is 2.39. The van der Waals surface area contributed by atoms with Gasteiger partial charge in [-0.2, -0.15) is 5.26 Å². The molecule has 2 N–H and O–H groups in total. The van der Waals surface area contributed by atoms with E-state index in [-0.39, 0.29) is 11.8 Å². The summed E-state index contributed by atoms with van der Waals surface area (Å²) in [5.74, 6) is 0.536. The Balaban J connectivity index is 2.41. The maximum absolute atomic E-state index is 10.5. The molecule has 0 bridgehead atoms. The molecule has 21 heavy (non-hydrogen) atoms. The van der Waals surface area contributed by atoms with Gasteiger partial charge in [0.25, 0.3) is 0 Å². The zero-order chi connectivity index (χ0) is 15.2. The van der Waals surface area contributed by atoms with Crippen LogP contribution in [0.5, 0.6) is 11.5 Å². The molecule has 114 valence electrons. The van der Waals surface area contributed by atoms with Crippen LogP contribution in [0.25, 0.3) is 0 Å². The molecule has 2 rings (SSSR count). The molecule has 1 atom stereocenters. The quantitative estimate of drug-likeness (QED) is 0.868. The molecule has 1 aromatic carbocycles. The van der Waals surface area contributed by atoms with E-state index in [0.29, 0.717) is 11.3 Å². The standard InChI is InChI=1S/C16H23N3O2/c1-3-4-14(19-7-5-18-6-8-19)13-9-12(11-17)10-15(21-2)16(13)20/h9-10,14,18,20H,3-8H2,1-2H3/t14-/m1/s1. The normalized spacial score (nSPS) is 17.2. The molecule has 1 aliphatic heterocycles. The summed E-state index contributed by atoms with van der Waals surface area (Å²) in [7, 11) is 1.51. The van der Waals surface area contributed by atoms with Crippen LogP contribution in [0.15, 0.2) is 12.1 Å². The molecule has 0 saturated carbocycles. The first-order chi connectivity index (χ1) is 10.2. The summed E-state index contributed by atoms with van der Waals surface area (Å²) in [6.45, 7) is 5.94. The van der Waals surface area contributed by atoms with Gasteiger partial charge in [-0.25, -0.2) is 0 Å². The van der Waals surface area contributed by atoms with Crippen molar-refractivity contribution < 1.29 is 9.84 Å². The SMILES string of the molecule is CCC[C@H](c1cc(C#N)cc(OC)c1O)N1CCNCC1. The fraction of sp³-hybridized carbons (Fsp3) is 0.562. The first kappa shape index (κ1) is 15.6. The zero-order valence-corrected chi connectivity index (χ0v) is 12.7. The number of hydrogen-bond donors (Lipinski definition) is 2. The zero-order valence-electron chi connectivity index (χ0n) is 12.7. The number of hydrogen-bond acceptors (Lipinski definition) is 5. The molecule has 1 aromatic rings. The molecule has 1 fully saturated rings. The van der Waals surface area contributed by atoms with Gasteiger partial charge in [-0.05, 0) is 12.5 Å². The topological polar surface area (TPSA) is 68.5 Å². The predicted octanol–water partition coefficient (Wildman–Crippen LogP) is 2.02. The van der Waals surface area contributed by atoms with Crippen LogP contribution in [0, 0.1) is 11.3 Å². The van der Waals surface area contributed by atoms with E-state index in [4.69, 9.17) is 4.74 Å². The van der Waals surface area contributed by atoms with Crippen LogP contribution in [0.2, 0.25) is 0 Å². The van der Waals surface area contributed by atoms with Crippen molar-refractivity contribution >= 4 is 0 Å². The minimum Gasteiger partial charge on any atom is -0.504 e. The van der Waals surface area contributed by atoms with E-state index in [1.807, 2.05) is 0 Å². The third-order valence-corrected chi connectivity index (χ3v) is 3.97. The van der Waals surface area contributed by atoms with Crippen molar-refractivity contribution in [3.05, 3.63) is 23.3 Å². The summed E-state index contributed by atoms with van der Waals surface area (Å²) in [5, 5.41) is 23.0. The van der Waals surface area contributed by atoms with Crippen LogP contribution in [0.1, 0.15) is 36.9 Å². The number of benzene rings is 1. The minimum atomic E-state index is 0.124. The van der Waals surface area contributed by atoms with Gasteiger partial charge in [-0.1, -0.05) is 13.3 Å². The number of piperazine rings is 1. The van der Waals surface area contributed by atoms with Gasteiger partial charge in [0.2, 0.25) is 0 Å². The number of nitriles is 1. The van der Waals surface area contributed by atoms with Crippen molar-refractivity contribution in [2.45, 2.75) is 25.8 Å². The summed E-state index contributed by atoms with van der Waals surface area (Å²) < 4.78 is 5.21. The first-order valence-electron chi connectivity index (χ1n) is 7.47. The minimum absolute atomic E-state index is 0.124. The summed E-state index contributed by atoms with van der Waals surface area (Å²) >= 11 is 0. The Labute approximate surface area is 126 Å². The van der Waals surface area contributed by atoms with Crippen molar-refractivity contribution in [1.29, 1.82) is 5.26 Å². The second-order valence-corrected chi connectivity index (χ2v) is 5.32. The molecule has 0 spiro atoms. The Hall–Kier alpha value is -1.77. The summed E-state index contributed by atoms with van der Waals surface area (Å²) in [6, 6.07) is 5.65. The molecule has 5 nitrogen and oxygen atoms in total. The van der Waals surface area contributed by atoms with Crippen molar-refractivity contribution in [2.75, 3.05) is 33.3 Å². The number of nitrogens with zero attached hydrogens (tertiary/aromatic N) is 2. The smallest absolute Gasteiger partial charge is 0.162 e. The van der Waals surface area contributed by atoms with Gasteiger partial charge in [0.15, 0.2) is 11.5 Å². The first-order valence-corrected chi connectivity index (χ1v) is 7.47. The Morgan fingerprint density at radius 2 is 2.14 bits per heavy atom. The number of nitrogens with one attached hydrogen (secondary N) is 1. The van der Waals surface area contributed by atoms with Crippen molar-refractivity contribution in [2.24, 2.45) is 0 Å². The molecule has 0 radical (unpaired) electrons. The van der Waals surface area contributed by atoms with Crippen LogP contribution in [0.4, 0.5) is 0 Å². The van der Waals surface area contributed by atoms with Gasteiger partial charge in [-0.15, -0.1) is 0 Å². The Bertz CT molecular complexity index is 519. The second-order valence-electron chi connectivity index (χ2n) is 5.32. The van der Waals surface area contributed by atoms with Gasteiger partial charge in [0, 0.05) is 43.9 Å².